The third kappa shape index (κ3) is 3.14. The quantitative estimate of drug-likeness (QED) is 0.681. The average molecular weight is 309 g/mol. The molecule has 0 amide bonds. The molecule has 8 heteroatoms. The zero-order valence-corrected chi connectivity index (χ0v) is 10.1. The van der Waals surface area contributed by atoms with Gasteiger partial charge in [-0.15, -0.1) is 0 Å². The summed E-state index contributed by atoms with van der Waals surface area (Å²) < 4.78 is 89.8. The zero-order chi connectivity index (χ0) is 15.8. The molecule has 1 aromatic heterocycles. The number of nitrogens with zero attached hydrogens (tertiary/aromatic N) is 1. The molecule has 2 rings (SSSR count). The van der Waals surface area contributed by atoms with E-state index < -0.39 is 40.6 Å². The van der Waals surface area contributed by atoms with Crippen LogP contribution in [0.5, 0.6) is 0 Å². The maximum absolute atomic E-state index is 13.5. The maximum Gasteiger partial charge on any atom is 0.417 e. The van der Waals surface area contributed by atoms with Crippen LogP contribution in [0.4, 0.5) is 30.7 Å². The molecule has 1 aromatic carbocycles. The average Bonchev–Trinajstić information content (AvgIpc) is 2.36. The van der Waals surface area contributed by atoms with Gasteiger partial charge in [0.05, 0.1) is 11.1 Å². The van der Waals surface area contributed by atoms with Crippen LogP contribution < -0.4 is 0 Å². The lowest BCUT2D eigenvalue weighted by atomic mass is 10.00. The lowest BCUT2D eigenvalue weighted by Gasteiger charge is -2.15. The van der Waals surface area contributed by atoms with E-state index in [-0.39, 0.29) is 6.07 Å². The smallest absolute Gasteiger partial charge is 0.253 e. The minimum atomic E-state index is -5.07. The lowest BCUT2D eigenvalue weighted by Crippen LogP contribution is -2.12. The van der Waals surface area contributed by atoms with E-state index >= 15 is 0 Å². The molecule has 1 heterocycles. The first-order valence-corrected chi connectivity index (χ1v) is 5.50. The number of rotatable bonds is 1. The number of pyridine rings is 1. The first kappa shape index (κ1) is 15.3. The van der Waals surface area contributed by atoms with E-state index in [9.17, 15) is 30.7 Å². The molecule has 21 heavy (non-hydrogen) atoms. The molecule has 2 aromatic rings. The normalized spacial score (nSPS) is 12.5. The number of hydrogen-bond donors (Lipinski definition) is 0. The van der Waals surface area contributed by atoms with Gasteiger partial charge in [-0.05, 0) is 24.3 Å². The first-order valence-electron chi connectivity index (χ1n) is 5.50. The highest BCUT2D eigenvalue weighted by Gasteiger charge is 2.38. The molecule has 0 N–H and O–H groups in total. The van der Waals surface area contributed by atoms with E-state index in [1.165, 1.54) is 0 Å². The Labute approximate surface area is 114 Å². The van der Waals surface area contributed by atoms with Gasteiger partial charge in [0.15, 0.2) is 0 Å². The molecule has 1 nitrogen and oxygen atoms in total. The Bertz CT molecular complexity index is 658. The highest BCUT2D eigenvalue weighted by atomic mass is 19.4. The van der Waals surface area contributed by atoms with Crippen LogP contribution >= 0.6 is 0 Å². The minimum absolute atomic E-state index is 0.0521. The van der Waals surface area contributed by atoms with Crippen LogP contribution in [-0.4, -0.2) is 4.98 Å². The van der Waals surface area contributed by atoms with Crippen molar-refractivity contribution >= 4 is 0 Å². The molecule has 0 aliphatic rings. The maximum atomic E-state index is 13.5. The van der Waals surface area contributed by atoms with E-state index in [1.807, 2.05) is 0 Å². The number of aromatic nitrogens is 1. The Hall–Kier alpha value is -2.12. The van der Waals surface area contributed by atoms with Gasteiger partial charge in [0.1, 0.15) is 11.5 Å². The number of halogens is 7. The van der Waals surface area contributed by atoms with Gasteiger partial charge in [-0.25, -0.2) is 4.39 Å². The van der Waals surface area contributed by atoms with Gasteiger partial charge in [-0.3, -0.25) is 4.98 Å². The standard InChI is InChI=1S/C13H6F7N/c14-10-2-1-5-21-11(10)8-4-3-7(12(15,16)17)6-9(8)13(18,19)20/h1-6H. The van der Waals surface area contributed by atoms with E-state index in [2.05, 4.69) is 4.98 Å². The molecule has 0 fully saturated rings. The summed E-state index contributed by atoms with van der Waals surface area (Å²) in [5, 5.41) is 0. The number of benzene rings is 1. The molecule has 0 saturated carbocycles. The molecular weight excluding hydrogens is 303 g/mol. The summed E-state index contributed by atoms with van der Waals surface area (Å²) in [6.07, 6.45) is -8.95. The van der Waals surface area contributed by atoms with Crippen molar-refractivity contribution < 1.29 is 30.7 Å². The van der Waals surface area contributed by atoms with Crippen LogP contribution in [0.2, 0.25) is 0 Å². The molecule has 112 valence electrons. The van der Waals surface area contributed by atoms with E-state index in [0.29, 0.717) is 12.1 Å². The van der Waals surface area contributed by atoms with Gasteiger partial charge in [0, 0.05) is 11.8 Å². The highest BCUT2D eigenvalue weighted by molar-refractivity contribution is 5.65. The molecule has 0 saturated heterocycles. The Kier molecular flexibility index (Phi) is 3.65. The lowest BCUT2D eigenvalue weighted by molar-refractivity contribution is -0.142. The van der Waals surface area contributed by atoms with Gasteiger partial charge in [0.2, 0.25) is 0 Å². The van der Waals surface area contributed by atoms with Gasteiger partial charge in [0.25, 0.3) is 0 Å². The second-order valence-electron chi connectivity index (χ2n) is 4.09. The van der Waals surface area contributed by atoms with Crippen molar-refractivity contribution in [3.63, 3.8) is 0 Å². The Morgan fingerprint density at radius 1 is 0.857 bits per heavy atom. The summed E-state index contributed by atoms with van der Waals surface area (Å²) >= 11 is 0. The fourth-order valence-electron chi connectivity index (χ4n) is 1.75. The molecule has 0 spiro atoms. The van der Waals surface area contributed by atoms with Gasteiger partial charge in [-0.2, -0.15) is 26.3 Å². The van der Waals surface area contributed by atoms with E-state index in [0.717, 1.165) is 18.3 Å². The monoisotopic (exact) mass is 309 g/mol. The van der Waals surface area contributed by atoms with Crippen molar-refractivity contribution in [3.05, 3.63) is 53.5 Å². The third-order valence-corrected chi connectivity index (χ3v) is 2.67. The topological polar surface area (TPSA) is 12.9 Å². The highest BCUT2D eigenvalue weighted by Crippen LogP contribution is 2.40. The largest absolute Gasteiger partial charge is 0.417 e. The van der Waals surface area contributed by atoms with Crippen LogP contribution in [0.25, 0.3) is 11.3 Å². The van der Waals surface area contributed by atoms with Crippen LogP contribution in [0.15, 0.2) is 36.5 Å². The van der Waals surface area contributed by atoms with Crippen molar-refractivity contribution in [2.45, 2.75) is 12.4 Å². The molecule has 0 radical (unpaired) electrons. The minimum Gasteiger partial charge on any atom is -0.253 e. The summed E-state index contributed by atoms with van der Waals surface area (Å²) in [6.45, 7) is 0. The predicted octanol–water partition coefficient (Wildman–Crippen LogP) is 4.93. The van der Waals surface area contributed by atoms with Crippen molar-refractivity contribution in [1.82, 2.24) is 4.98 Å². The molecule has 0 bridgehead atoms. The van der Waals surface area contributed by atoms with E-state index in [1.54, 1.807) is 0 Å². The molecule has 0 aliphatic carbocycles. The summed E-state index contributed by atoms with van der Waals surface area (Å²) in [5.74, 6) is -1.05. The Morgan fingerprint density at radius 3 is 2.05 bits per heavy atom. The number of alkyl halides is 6. The Balaban J connectivity index is 2.70. The Morgan fingerprint density at radius 2 is 1.52 bits per heavy atom. The summed E-state index contributed by atoms with van der Waals surface area (Å²) in [6, 6.07) is 3.01. The summed E-state index contributed by atoms with van der Waals surface area (Å²) in [5.41, 5.74) is -4.45. The van der Waals surface area contributed by atoms with Gasteiger partial charge in [-0.1, -0.05) is 6.07 Å². The second kappa shape index (κ2) is 5.01. The predicted molar refractivity (Wildman–Crippen MR) is 59.6 cm³/mol. The zero-order valence-electron chi connectivity index (χ0n) is 10.1. The molecule has 0 aliphatic heterocycles. The van der Waals surface area contributed by atoms with Crippen LogP contribution in [-0.2, 0) is 12.4 Å². The molecular formula is C13H6F7N. The molecule has 0 unspecified atom stereocenters. The third-order valence-electron chi connectivity index (χ3n) is 2.67. The molecule has 0 atom stereocenters. The van der Waals surface area contributed by atoms with Crippen molar-refractivity contribution in [1.29, 1.82) is 0 Å². The summed E-state index contributed by atoms with van der Waals surface area (Å²) in [4.78, 5) is 3.46. The summed E-state index contributed by atoms with van der Waals surface area (Å²) in [7, 11) is 0. The fraction of sp³-hybridized carbons (Fsp3) is 0.154. The SMILES string of the molecule is Fc1cccnc1-c1ccc(C(F)(F)F)cc1C(F)(F)F. The van der Waals surface area contributed by atoms with Crippen molar-refractivity contribution in [2.75, 3.05) is 0 Å². The van der Waals surface area contributed by atoms with Crippen LogP contribution in [0, 0.1) is 5.82 Å². The first-order chi connectivity index (χ1) is 9.60. The van der Waals surface area contributed by atoms with E-state index in [4.69, 9.17) is 0 Å². The fourth-order valence-corrected chi connectivity index (χ4v) is 1.75. The van der Waals surface area contributed by atoms with Crippen molar-refractivity contribution in [2.24, 2.45) is 0 Å². The van der Waals surface area contributed by atoms with Gasteiger partial charge < -0.3 is 0 Å². The number of hydrogen-bond acceptors (Lipinski definition) is 1. The van der Waals surface area contributed by atoms with Crippen LogP contribution in [0.3, 0.4) is 0 Å². The van der Waals surface area contributed by atoms with Crippen LogP contribution in [0.1, 0.15) is 11.1 Å². The van der Waals surface area contributed by atoms with Gasteiger partial charge >= 0.3 is 12.4 Å². The van der Waals surface area contributed by atoms with Crippen molar-refractivity contribution in [3.8, 4) is 11.3 Å². The second-order valence-corrected chi connectivity index (χ2v) is 4.09.